The monoisotopic (exact) mass is 153 g/mol. The zero-order valence-electron chi connectivity index (χ0n) is 7.13. The van der Waals surface area contributed by atoms with Crippen LogP contribution in [0.25, 0.3) is 0 Å². The third-order valence-electron chi connectivity index (χ3n) is 1.46. The zero-order valence-corrected chi connectivity index (χ0v) is 7.13. The highest BCUT2D eigenvalue weighted by Gasteiger charge is 2.14. The number of rotatable bonds is 0. The van der Waals surface area contributed by atoms with Crippen LogP contribution in [0.2, 0.25) is 0 Å². The summed E-state index contributed by atoms with van der Waals surface area (Å²) in [4.78, 5) is 7.94. The molecule has 0 atom stereocenters. The predicted molar refractivity (Wildman–Crippen MR) is 47.3 cm³/mol. The lowest BCUT2D eigenvalue weighted by Gasteiger charge is -2.16. The molecule has 0 aliphatic rings. The second-order valence-corrected chi connectivity index (χ2v) is 3.58. The maximum absolute atomic E-state index is 5.50. The lowest BCUT2D eigenvalue weighted by Crippen LogP contribution is -2.14. The summed E-state index contributed by atoms with van der Waals surface area (Å²) in [5, 5.41) is 0. The van der Waals surface area contributed by atoms with Crippen molar-refractivity contribution in [2.75, 3.05) is 5.73 Å². The average Bonchev–Trinajstić information content (AvgIpc) is 1.86. The summed E-state index contributed by atoms with van der Waals surface area (Å²) in [7, 11) is 0. The molecule has 0 aliphatic carbocycles. The van der Waals surface area contributed by atoms with Crippen LogP contribution < -0.4 is 5.73 Å². The van der Waals surface area contributed by atoms with E-state index in [2.05, 4.69) is 30.7 Å². The lowest BCUT2D eigenvalue weighted by atomic mass is 9.92. The molecule has 1 aromatic heterocycles. The van der Waals surface area contributed by atoms with Crippen molar-refractivity contribution < 1.29 is 1.43 Å². The number of nitrogens with two attached hydrogens (primary N) is 1. The van der Waals surface area contributed by atoms with Crippen LogP contribution in [0.1, 0.15) is 27.9 Å². The van der Waals surface area contributed by atoms with Crippen LogP contribution >= 0.6 is 0 Å². The van der Waals surface area contributed by atoms with Crippen molar-refractivity contribution in [1.29, 1.82) is 0 Å². The maximum atomic E-state index is 5.50. The Hall–Kier alpha value is -1.12. The molecule has 0 aliphatic heterocycles. The second-order valence-electron chi connectivity index (χ2n) is 3.58. The lowest BCUT2D eigenvalue weighted by molar-refractivity contribution is 0.567. The molecule has 1 aromatic rings. The molecule has 0 unspecified atom stereocenters. The van der Waals surface area contributed by atoms with E-state index >= 15 is 0 Å². The topological polar surface area (TPSA) is 51.8 Å². The fraction of sp³-hybridized carbons (Fsp3) is 0.500. The van der Waals surface area contributed by atoms with Gasteiger partial charge in [-0.3, -0.25) is 0 Å². The summed E-state index contributed by atoms with van der Waals surface area (Å²) >= 11 is 0. The summed E-state index contributed by atoms with van der Waals surface area (Å²) < 4.78 is 0. The molecule has 0 aromatic carbocycles. The normalized spacial score (nSPS) is 11.5. The number of aromatic nitrogens is 2. The van der Waals surface area contributed by atoms with E-state index in [0.29, 0.717) is 5.82 Å². The SMILES string of the molecule is CC(C)(C)c1cc(N)ncn1.[HH]. The molecule has 11 heavy (non-hydrogen) atoms. The molecule has 2 N–H and O–H groups in total. The average molecular weight is 153 g/mol. The Kier molecular flexibility index (Phi) is 1.81. The van der Waals surface area contributed by atoms with E-state index in [1.807, 2.05) is 0 Å². The van der Waals surface area contributed by atoms with Crippen LogP contribution in [0.15, 0.2) is 12.4 Å². The molecule has 0 radical (unpaired) electrons. The molecular formula is C8H15N3. The highest BCUT2D eigenvalue weighted by atomic mass is 14.9. The van der Waals surface area contributed by atoms with Gasteiger partial charge < -0.3 is 5.73 Å². The molecule has 0 bridgehead atoms. The maximum Gasteiger partial charge on any atom is 0.127 e. The molecular weight excluding hydrogens is 138 g/mol. The quantitative estimate of drug-likeness (QED) is 0.616. The Bertz CT molecular complexity index is 255. The van der Waals surface area contributed by atoms with Crippen molar-refractivity contribution in [3.63, 3.8) is 0 Å². The van der Waals surface area contributed by atoms with Crippen LogP contribution in [-0.2, 0) is 5.41 Å². The van der Waals surface area contributed by atoms with E-state index in [-0.39, 0.29) is 6.84 Å². The van der Waals surface area contributed by atoms with Crippen LogP contribution in [0, 0.1) is 0 Å². The molecule has 0 amide bonds. The molecule has 62 valence electrons. The van der Waals surface area contributed by atoms with Gasteiger partial charge in [0, 0.05) is 12.9 Å². The first-order valence-electron chi connectivity index (χ1n) is 3.58. The van der Waals surface area contributed by atoms with E-state index in [1.54, 1.807) is 6.07 Å². The van der Waals surface area contributed by atoms with Crippen LogP contribution in [0.3, 0.4) is 0 Å². The highest BCUT2D eigenvalue weighted by Crippen LogP contribution is 2.19. The van der Waals surface area contributed by atoms with Crippen LogP contribution in [0.4, 0.5) is 5.82 Å². The van der Waals surface area contributed by atoms with Gasteiger partial charge in [-0.2, -0.15) is 0 Å². The summed E-state index contributed by atoms with van der Waals surface area (Å²) in [6, 6.07) is 1.81. The van der Waals surface area contributed by atoms with Crippen LogP contribution in [-0.4, -0.2) is 9.97 Å². The third-order valence-corrected chi connectivity index (χ3v) is 1.46. The van der Waals surface area contributed by atoms with Crippen molar-refractivity contribution >= 4 is 5.82 Å². The first-order chi connectivity index (χ1) is 5.00. The first-order valence-corrected chi connectivity index (χ1v) is 3.58. The third kappa shape index (κ3) is 1.90. The Morgan fingerprint density at radius 1 is 1.36 bits per heavy atom. The molecule has 0 saturated heterocycles. The van der Waals surface area contributed by atoms with Gasteiger partial charge in [0.15, 0.2) is 0 Å². The van der Waals surface area contributed by atoms with Gasteiger partial charge in [-0.15, -0.1) is 0 Å². The minimum absolute atomic E-state index is 0. The molecule has 0 saturated carbocycles. The smallest absolute Gasteiger partial charge is 0.127 e. The summed E-state index contributed by atoms with van der Waals surface area (Å²) in [5.41, 5.74) is 6.53. The van der Waals surface area contributed by atoms with E-state index in [1.165, 1.54) is 6.33 Å². The van der Waals surface area contributed by atoms with Gasteiger partial charge in [-0.05, 0) is 0 Å². The fourth-order valence-corrected chi connectivity index (χ4v) is 0.783. The highest BCUT2D eigenvalue weighted by molar-refractivity contribution is 5.30. The van der Waals surface area contributed by atoms with Crippen molar-refractivity contribution in [3.8, 4) is 0 Å². The van der Waals surface area contributed by atoms with Gasteiger partial charge in [0.25, 0.3) is 0 Å². The molecule has 1 rings (SSSR count). The van der Waals surface area contributed by atoms with Crippen molar-refractivity contribution in [3.05, 3.63) is 18.1 Å². The Morgan fingerprint density at radius 2 is 2.00 bits per heavy atom. The van der Waals surface area contributed by atoms with Crippen LogP contribution in [0.5, 0.6) is 0 Å². The van der Waals surface area contributed by atoms with E-state index in [9.17, 15) is 0 Å². The predicted octanol–water partition coefficient (Wildman–Crippen LogP) is 1.60. The van der Waals surface area contributed by atoms with Crippen molar-refractivity contribution in [1.82, 2.24) is 9.97 Å². The molecule has 3 nitrogen and oxygen atoms in total. The van der Waals surface area contributed by atoms with Gasteiger partial charge in [0.1, 0.15) is 12.1 Å². The van der Waals surface area contributed by atoms with Gasteiger partial charge >= 0.3 is 0 Å². The van der Waals surface area contributed by atoms with E-state index < -0.39 is 0 Å². The number of hydrogen-bond acceptors (Lipinski definition) is 3. The number of nitrogen functional groups attached to an aromatic ring is 1. The number of anilines is 1. The Morgan fingerprint density at radius 3 is 2.36 bits per heavy atom. The minimum Gasteiger partial charge on any atom is -0.384 e. The summed E-state index contributed by atoms with van der Waals surface area (Å²) in [6.45, 7) is 6.28. The number of hydrogen-bond donors (Lipinski definition) is 1. The summed E-state index contributed by atoms with van der Waals surface area (Å²) in [6.07, 6.45) is 1.50. The van der Waals surface area contributed by atoms with Gasteiger partial charge in [-0.1, -0.05) is 20.8 Å². The zero-order chi connectivity index (χ0) is 8.48. The summed E-state index contributed by atoms with van der Waals surface area (Å²) in [5.74, 6) is 0.532. The Labute approximate surface area is 68.2 Å². The standard InChI is InChI=1S/C8H13N3.H2/c1-8(2,3)6-4-7(9)11-5-10-6;/h4-5H,1-3H3,(H2,9,10,11);1H. The van der Waals surface area contributed by atoms with Gasteiger partial charge in [-0.25, -0.2) is 9.97 Å². The van der Waals surface area contributed by atoms with E-state index in [4.69, 9.17) is 5.73 Å². The van der Waals surface area contributed by atoms with Gasteiger partial charge in [0.05, 0.1) is 5.69 Å². The fourth-order valence-electron chi connectivity index (χ4n) is 0.783. The van der Waals surface area contributed by atoms with E-state index in [0.717, 1.165) is 5.69 Å². The molecule has 3 heteroatoms. The minimum atomic E-state index is 0. The number of nitrogens with zero attached hydrogens (tertiary/aromatic N) is 2. The largest absolute Gasteiger partial charge is 0.384 e. The Balaban J connectivity index is 0.00000121. The molecule has 0 fully saturated rings. The molecule has 0 spiro atoms. The first kappa shape index (κ1) is 7.98. The second kappa shape index (κ2) is 2.49. The van der Waals surface area contributed by atoms with Crippen molar-refractivity contribution in [2.45, 2.75) is 26.2 Å². The van der Waals surface area contributed by atoms with Crippen molar-refractivity contribution in [2.24, 2.45) is 0 Å². The van der Waals surface area contributed by atoms with Gasteiger partial charge in [0.2, 0.25) is 0 Å². The molecule has 1 heterocycles.